The average molecular weight is 152 g/mol. The Labute approximate surface area is 70.7 Å². The quantitative estimate of drug-likeness (QED) is 0.526. The first kappa shape index (κ1) is 8.83. The van der Waals surface area contributed by atoms with Gasteiger partial charge < -0.3 is 0 Å². The monoisotopic (exact) mass is 152 g/mol. The average Bonchev–Trinajstić information content (AvgIpc) is 1.97. The Kier molecular flexibility index (Phi) is 2.41. The van der Waals surface area contributed by atoms with Crippen LogP contribution in [-0.2, 0) is 0 Å². The van der Waals surface area contributed by atoms with Crippen LogP contribution >= 0.6 is 0 Å². The number of allylic oxidation sites excluding steroid dienone is 2. The van der Waals surface area contributed by atoms with Crippen LogP contribution in [-0.4, -0.2) is 0 Å². The molecule has 0 spiro atoms. The van der Waals surface area contributed by atoms with Gasteiger partial charge in [-0.2, -0.15) is 0 Å². The van der Waals surface area contributed by atoms with E-state index >= 15 is 0 Å². The van der Waals surface area contributed by atoms with Gasteiger partial charge in [0, 0.05) is 0 Å². The molecule has 0 aromatic carbocycles. The third-order valence-corrected chi connectivity index (χ3v) is 3.53. The Morgan fingerprint density at radius 1 is 1.27 bits per heavy atom. The first-order chi connectivity index (χ1) is 5.10. The zero-order chi connectivity index (χ0) is 8.48. The normalized spacial score (nSPS) is 24.0. The molecule has 0 heterocycles. The smallest absolute Gasteiger partial charge is 0.0117 e. The fourth-order valence-corrected chi connectivity index (χ4v) is 1.86. The van der Waals surface area contributed by atoms with E-state index in [4.69, 9.17) is 0 Å². The van der Waals surface area contributed by atoms with Crippen molar-refractivity contribution in [3.8, 4) is 0 Å². The summed E-state index contributed by atoms with van der Waals surface area (Å²) in [5, 5.41) is 0. The molecule has 0 saturated heterocycles. The molecule has 1 saturated carbocycles. The number of hydrogen-bond acceptors (Lipinski definition) is 0. The molecule has 0 unspecified atom stereocenters. The van der Waals surface area contributed by atoms with Gasteiger partial charge in [0.1, 0.15) is 0 Å². The minimum absolute atomic E-state index is 0.583. The summed E-state index contributed by atoms with van der Waals surface area (Å²) in [5.74, 6) is 0. The maximum Gasteiger partial charge on any atom is -0.0117 e. The van der Waals surface area contributed by atoms with Gasteiger partial charge in [0.2, 0.25) is 0 Å². The first-order valence-corrected chi connectivity index (χ1v) is 4.77. The molecule has 1 fully saturated rings. The molecule has 0 heteroatoms. The standard InChI is InChI=1S/C11H20/c1-5-9(2)10(3)11(4)7-6-8-11/h5-8H2,1-4H3. The van der Waals surface area contributed by atoms with Crippen molar-refractivity contribution in [2.45, 2.75) is 53.4 Å². The van der Waals surface area contributed by atoms with Crippen LogP contribution in [0.15, 0.2) is 11.1 Å². The SMILES string of the molecule is CCC(C)=C(C)C1(C)CCC1. The van der Waals surface area contributed by atoms with Crippen molar-refractivity contribution >= 4 is 0 Å². The van der Waals surface area contributed by atoms with Gasteiger partial charge in [-0.1, -0.05) is 31.4 Å². The minimum Gasteiger partial charge on any atom is -0.0741 e. The van der Waals surface area contributed by atoms with Crippen molar-refractivity contribution in [3.05, 3.63) is 11.1 Å². The van der Waals surface area contributed by atoms with Crippen LogP contribution in [0.1, 0.15) is 53.4 Å². The molecular weight excluding hydrogens is 132 g/mol. The zero-order valence-corrected chi connectivity index (χ0v) is 8.33. The highest BCUT2D eigenvalue weighted by molar-refractivity contribution is 5.20. The predicted molar refractivity (Wildman–Crippen MR) is 50.6 cm³/mol. The van der Waals surface area contributed by atoms with Gasteiger partial charge in [-0.3, -0.25) is 0 Å². The highest BCUT2D eigenvalue weighted by Gasteiger charge is 2.33. The third kappa shape index (κ3) is 1.50. The van der Waals surface area contributed by atoms with E-state index in [0.717, 1.165) is 0 Å². The first-order valence-electron chi connectivity index (χ1n) is 4.77. The lowest BCUT2D eigenvalue weighted by Crippen LogP contribution is -2.27. The lowest BCUT2D eigenvalue weighted by molar-refractivity contribution is 0.212. The van der Waals surface area contributed by atoms with Crippen molar-refractivity contribution in [1.29, 1.82) is 0 Å². The minimum atomic E-state index is 0.583. The van der Waals surface area contributed by atoms with E-state index in [-0.39, 0.29) is 0 Å². The fourth-order valence-electron chi connectivity index (χ4n) is 1.86. The van der Waals surface area contributed by atoms with E-state index < -0.39 is 0 Å². The second-order valence-corrected chi connectivity index (χ2v) is 4.17. The van der Waals surface area contributed by atoms with Crippen molar-refractivity contribution in [3.63, 3.8) is 0 Å². The van der Waals surface area contributed by atoms with Crippen molar-refractivity contribution in [2.75, 3.05) is 0 Å². The van der Waals surface area contributed by atoms with Crippen LogP contribution in [0.4, 0.5) is 0 Å². The predicted octanol–water partition coefficient (Wildman–Crippen LogP) is 3.92. The summed E-state index contributed by atoms with van der Waals surface area (Å²) in [5.41, 5.74) is 3.85. The fraction of sp³-hybridized carbons (Fsp3) is 0.818. The summed E-state index contributed by atoms with van der Waals surface area (Å²) in [7, 11) is 0. The lowest BCUT2D eigenvalue weighted by Gasteiger charge is -2.40. The van der Waals surface area contributed by atoms with Crippen LogP contribution in [0.5, 0.6) is 0 Å². The lowest BCUT2D eigenvalue weighted by atomic mass is 9.65. The highest BCUT2D eigenvalue weighted by Crippen LogP contribution is 2.47. The van der Waals surface area contributed by atoms with Crippen LogP contribution in [0.2, 0.25) is 0 Å². The molecule has 0 radical (unpaired) electrons. The molecule has 0 aliphatic heterocycles. The molecule has 1 rings (SSSR count). The van der Waals surface area contributed by atoms with Crippen molar-refractivity contribution in [2.24, 2.45) is 5.41 Å². The van der Waals surface area contributed by atoms with Crippen LogP contribution in [0, 0.1) is 5.41 Å². The zero-order valence-electron chi connectivity index (χ0n) is 8.33. The summed E-state index contributed by atoms with van der Waals surface area (Å²) < 4.78 is 0. The highest BCUT2D eigenvalue weighted by atomic mass is 14.4. The van der Waals surface area contributed by atoms with E-state index in [1.165, 1.54) is 25.7 Å². The molecule has 0 aromatic heterocycles. The van der Waals surface area contributed by atoms with Gasteiger partial charge in [-0.05, 0) is 38.5 Å². The Bertz CT molecular complexity index is 170. The van der Waals surface area contributed by atoms with Crippen LogP contribution in [0.3, 0.4) is 0 Å². The molecule has 0 bridgehead atoms. The summed E-state index contributed by atoms with van der Waals surface area (Å²) in [6, 6.07) is 0. The van der Waals surface area contributed by atoms with Crippen molar-refractivity contribution < 1.29 is 0 Å². The number of hydrogen-bond donors (Lipinski definition) is 0. The Morgan fingerprint density at radius 2 is 1.82 bits per heavy atom. The molecule has 64 valence electrons. The van der Waals surface area contributed by atoms with E-state index in [0.29, 0.717) is 5.41 Å². The van der Waals surface area contributed by atoms with E-state index in [1.807, 2.05) is 0 Å². The molecule has 1 aliphatic carbocycles. The summed E-state index contributed by atoms with van der Waals surface area (Å²) >= 11 is 0. The maximum absolute atomic E-state index is 2.41. The molecule has 0 amide bonds. The molecule has 0 N–H and O–H groups in total. The van der Waals surface area contributed by atoms with Gasteiger partial charge in [0.15, 0.2) is 0 Å². The number of rotatable bonds is 2. The molecule has 0 aromatic rings. The molecule has 1 aliphatic rings. The Balaban J connectivity index is 2.73. The van der Waals surface area contributed by atoms with Crippen LogP contribution in [0.25, 0.3) is 0 Å². The molecule has 11 heavy (non-hydrogen) atoms. The van der Waals surface area contributed by atoms with Gasteiger partial charge in [0.25, 0.3) is 0 Å². The van der Waals surface area contributed by atoms with E-state index in [9.17, 15) is 0 Å². The van der Waals surface area contributed by atoms with E-state index in [1.54, 1.807) is 11.1 Å². The van der Waals surface area contributed by atoms with Gasteiger partial charge in [0.05, 0.1) is 0 Å². The topological polar surface area (TPSA) is 0 Å². The molecular formula is C11H20. The van der Waals surface area contributed by atoms with Gasteiger partial charge in [-0.25, -0.2) is 0 Å². The van der Waals surface area contributed by atoms with E-state index in [2.05, 4.69) is 27.7 Å². The molecule has 0 atom stereocenters. The van der Waals surface area contributed by atoms with Crippen molar-refractivity contribution in [1.82, 2.24) is 0 Å². The van der Waals surface area contributed by atoms with Crippen LogP contribution < -0.4 is 0 Å². The van der Waals surface area contributed by atoms with Gasteiger partial charge in [-0.15, -0.1) is 0 Å². The van der Waals surface area contributed by atoms with Gasteiger partial charge >= 0.3 is 0 Å². The largest absolute Gasteiger partial charge is 0.0741 e. The second kappa shape index (κ2) is 3.00. The third-order valence-electron chi connectivity index (χ3n) is 3.53. The Hall–Kier alpha value is -0.260. The summed E-state index contributed by atoms with van der Waals surface area (Å²) in [4.78, 5) is 0. The molecule has 0 nitrogen and oxygen atoms in total. The maximum atomic E-state index is 2.41. The second-order valence-electron chi connectivity index (χ2n) is 4.17. The Morgan fingerprint density at radius 3 is 2.09 bits per heavy atom. The summed E-state index contributed by atoms with van der Waals surface area (Å²) in [6.45, 7) is 9.25. The summed E-state index contributed by atoms with van der Waals surface area (Å²) in [6.07, 6.45) is 5.48.